The molecule has 0 spiro atoms. The lowest BCUT2D eigenvalue weighted by atomic mass is 10.3. The Balaban J connectivity index is 1.51. The molecule has 1 fully saturated rings. The Morgan fingerprint density at radius 3 is 2.56 bits per heavy atom. The molecule has 1 aromatic rings. The zero-order valence-electron chi connectivity index (χ0n) is 14.1. The van der Waals surface area contributed by atoms with Crippen molar-refractivity contribution in [2.75, 3.05) is 26.4 Å². The van der Waals surface area contributed by atoms with Crippen molar-refractivity contribution in [3.8, 4) is 5.75 Å². The Morgan fingerprint density at radius 2 is 1.88 bits per heavy atom. The maximum Gasteiger partial charge on any atom is 0.257 e. The summed E-state index contributed by atoms with van der Waals surface area (Å²) in [5.74, 6) is 0.730. The van der Waals surface area contributed by atoms with Gasteiger partial charge in [-0.2, -0.15) is 0 Å². The quantitative estimate of drug-likeness (QED) is 0.630. The van der Waals surface area contributed by atoms with Crippen molar-refractivity contribution >= 4 is 23.4 Å². The fourth-order valence-corrected chi connectivity index (χ4v) is 2.11. The van der Waals surface area contributed by atoms with Gasteiger partial charge in [0, 0.05) is 23.7 Å². The van der Waals surface area contributed by atoms with Gasteiger partial charge in [-0.25, -0.2) is 0 Å². The van der Waals surface area contributed by atoms with Crippen LogP contribution in [0.15, 0.2) is 36.5 Å². The van der Waals surface area contributed by atoms with Gasteiger partial charge in [0.05, 0.1) is 6.61 Å². The van der Waals surface area contributed by atoms with E-state index in [1.807, 2.05) is 0 Å². The molecule has 0 unspecified atom stereocenters. The molecule has 0 aliphatic heterocycles. The van der Waals surface area contributed by atoms with Crippen molar-refractivity contribution in [3.63, 3.8) is 0 Å². The first-order valence-corrected chi connectivity index (χ1v) is 8.61. The normalized spacial score (nSPS) is 13.2. The molecular weight excluding hydrogens is 344 g/mol. The predicted molar refractivity (Wildman–Crippen MR) is 95.4 cm³/mol. The zero-order valence-corrected chi connectivity index (χ0v) is 14.8. The lowest BCUT2D eigenvalue weighted by Gasteiger charge is -2.10. The van der Waals surface area contributed by atoms with Gasteiger partial charge in [-0.3, -0.25) is 9.59 Å². The van der Waals surface area contributed by atoms with Crippen molar-refractivity contribution in [1.29, 1.82) is 0 Å². The summed E-state index contributed by atoms with van der Waals surface area (Å²) in [5, 5.41) is 5.97. The summed E-state index contributed by atoms with van der Waals surface area (Å²) in [6, 6.07) is 6.77. The van der Waals surface area contributed by atoms with Gasteiger partial charge in [0.25, 0.3) is 5.91 Å². The largest absolute Gasteiger partial charge is 0.484 e. The summed E-state index contributed by atoms with van der Waals surface area (Å²) in [4.78, 5) is 23.3. The average Bonchev–Trinajstić information content (AvgIpc) is 3.38. The molecule has 0 radical (unpaired) electrons. The van der Waals surface area contributed by atoms with Crippen molar-refractivity contribution in [2.24, 2.45) is 5.92 Å². The van der Waals surface area contributed by atoms with Crippen LogP contribution in [0.1, 0.15) is 19.3 Å². The van der Waals surface area contributed by atoms with E-state index in [-0.39, 0.29) is 25.0 Å². The van der Waals surface area contributed by atoms with E-state index < -0.39 is 0 Å². The molecule has 2 N–H and O–H groups in total. The van der Waals surface area contributed by atoms with Crippen LogP contribution in [-0.4, -0.2) is 38.2 Å². The summed E-state index contributed by atoms with van der Waals surface area (Å²) in [6.45, 7) is 4.73. The molecule has 25 heavy (non-hydrogen) atoms. The van der Waals surface area contributed by atoms with Crippen LogP contribution in [0, 0.1) is 5.92 Å². The van der Waals surface area contributed by atoms with E-state index in [2.05, 4.69) is 17.2 Å². The fraction of sp³-hybridized carbons (Fsp3) is 0.444. The van der Waals surface area contributed by atoms with Gasteiger partial charge in [0.2, 0.25) is 5.91 Å². The standard InChI is InChI=1S/C18H23ClN2O4/c1-13(21-18(23)11-24-10-14-2-3-14)8-9-20-17(22)12-25-16-6-4-15(19)5-7-16/h4-7,14H,1-3,8-12H2,(H,20,22)(H,21,23). The van der Waals surface area contributed by atoms with Crippen molar-refractivity contribution in [3.05, 3.63) is 41.6 Å². The molecular formula is C18H23ClN2O4. The van der Waals surface area contributed by atoms with Crippen molar-refractivity contribution in [1.82, 2.24) is 10.6 Å². The molecule has 0 bridgehead atoms. The van der Waals surface area contributed by atoms with E-state index in [1.54, 1.807) is 24.3 Å². The van der Waals surface area contributed by atoms with Crippen LogP contribution in [0.2, 0.25) is 5.02 Å². The van der Waals surface area contributed by atoms with Crippen LogP contribution in [-0.2, 0) is 14.3 Å². The van der Waals surface area contributed by atoms with Crippen LogP contribution in [0.4, 0.5) is 0 Å². The molecule has 1 saturated carbocycles. The van der Waals surface area contributed by atoms with E-state index in [0.717, 1.165) is 0 Å². The summed E-state index contributed by atoms with van der Waals surface area (Å²) >= 11 is 5.77. The summed E-state index contributed by atoms with van der Waals surface area (Å²) in [7, 11) is 0. The minimum Gasteiger partial charge on any atom is -0.484 e. The number of halogens is 1. The second kappa shape index (κ2) is 10.1. The molecule has 2 rings (SSSR count). The Hall–Kier alpha value is -2.05. The number of ether oxygens (including phenoxy) is 2. The molecule has 2 amide bonds. The Kier molecular flexibility index (Phi) is 7.76. The van der Waals surface area contributed by atoms with Crippen molar-refractivity contribution < 1.29 is 19.1 Å². The van der Waals surface area contributed by atoms with Gasteiger partial charge in [0.1, 0.15) is 12.4 Å². The molecule has 0 saturated heterocycles. The predicted octanol–water partition coefficient (Wildman–Crippen LogP) is 2.28. The molecule has 1 aromatic carbocycles. The number of hydrogen-bond donors (Lipinski definition) is 2. The topological polar surface area (TPSA) is 76.7 Å². The number of carbonyl (C=O) groups is 2. The summed E-state index contributed by atoms with van der Waals surface area (Å²) in [6.07, 6.45) is 2.83. The van der Waals surface area contributed by atoms with Crippen LogP contribution < -0.4 is 15.4 Å². The van der Waals surface area contributed by atoms with Crippen LogP contribution >= 0.6 is 11.6 Å². The number of nitrogens with one attached hydrogen (secondary N) is 2. The minimum absolute atomic E-state index is 0.0385. The number of amides is 2. The van der Waals surface area contributed by atoms with E-state index in [1.165, 1.54) is 12.8 Å². The number of hydrogen-bond acceptors (Lipinski definition) is 4. The fourth-order valence-electron chi connectivity index (χ4n) is 1.98. The maximum atomic E-state index is 11.7. The lowest BCUT2D eigenvalue weighted by molar-refractivity contribution is -0.125. The Labute approximate surface area is 152 Å². The lowest BCUT2D eigenvalue weighted by Crippen LogP contribution is -2.32. The molecule has 0 heterocycles. The van der Waals surface area contributed by atoms with Crippen molar-refractivity contribution in [2.45, 2.75) is 19.3 Å². The molecule has 1 aliphatic carbocycles. The van der Waals surface area contributed by atoms with Gasteiger partial charge >= 0.3 is 0 Å². The SMILES string of the molecule is C=C(CCNC(=O)COc1ccc(Cl)cc1)NC(=O)COCC1CC1. The van der Waals surface area contributed by atoms with Gasteiger partial charge in [-0.05, 0) is 43.0 Å². The number of carbonyl (C=O) groups excluding carboxylic acids is 2. The van der Waals surface area contributed by atoms with Gasteiger partial charge in [-0.15, -0.1) is 0 Å². The van der Waals surface area contributed by atoms with Crippen LogP contribution in [0.25, 0.3) is 0 Å². The minimum atomic E-state index is -0.248. The third-order valence-corrected chi connectivity index (χ3v) is 3.78. The highest BCUT2D eigenvalue weighted by molar-refractivity contribution is 6.30. The first-order valence-electron chi connectivity index (χ1n) is 8.23. The Bertz CT molecular complexity index is 600. The molecule has 1 aliphatic rings. The maximum absolute atomic E-state index is 11.7. The van der Waals surface area contributed by atoms with Crippen LogP contribution in [0.5, 0.6) is 5.75 Å². The molecule has 136 valence electrons. The first-order chi connectivity index (χ1) is 12.0. The molecule has 0 atom stereocenters. The average molecular weight is 367 g/mol. The summed E-state index contributed by atoms with van der Waals surface area (Å²) in [5.41, 5.74) is 0.541. The monoisotopic (exact) mass is 366 g/mol. The number of rotatable bonds is 11. The molecule has 7 heteroatoms. The highest BCUT2D eigenvalue weighted by Crippen LogP contribution is 2.28. The smallest absolute Gasteiger partial charge is 0.257 e. The van der Waals surface area contributed by atoms with Gasteiger partial charge in [-0.1, -0.05) is 18.2 Å². The third kappa shape index (κ3) is 8.56. The first kappa shape index (κ1) is 19.3. The summed E-state index contributed by atoms with van der Waals surface area (Å²) < 4.78 is 10.6. The number of benzene rings is 1. The van der Waals surface area contributed by atoms with E-state index in [9.17, 15) is 9.59 Å². The zero-order chi connectivity index (χ0) is 18.1. The van der Waals surface area contributed by atoms with E-state index in [4.69, 9.17) is 21.1 Å². The highest BCUT2D eigenvalue weighted by atomic mass is 35.5. The van der Waals surface area contributed by atoms with E-state index >= 15 is 0 Å². The highest BCUT2D eigenvalue weighted by Gasteiger charge is 2.21. The van der Waals surface area contributed by atoms with Crippen LogP contribution in [0.3, 0.4) is 0 Å². The molecule has 6 nitrogen and oxygen atoms in total. The second-order valence-corrected chi connectivity index (χ2v) is 6.39. The Morgan fingerprint density at radius 1 is 1.16 bits per heavy atom. The third-order valence-electron chi connectivity index (χ3n) is 3.53. The van der Waals surface area contributed by atoms with Gasteiger partial charge < -0.3 is 20.1 Å². The molecule has 0 aromatic heterocycles. The second-order valence-electron chi connectivity index (χ2n) is 5.95. The van der Waals surface area contributed by atoms with Gasteiger partial charge in [0.15, 0.2) is 6.61 Å². The van der Waals surface area contributed by atoms with E-state index in [0.29, 0.717) is 42.0 Å².